The number of anilines is 1. The zero-order chi connectivity index (χ0) is 23.6. The van der Waals surface area contributed by atoms with Gasteiger partial charge in [0.25, 0.3) is 5.56 Å². The molecule has 1 amide bonds. The maximum Gasteiger partial charge on any atom is 0.332 e. The molecule has 3 aromatic rings. The molecule has 0 fully saturated rings. The molecule has 0 aliphatic heterocycles. The predicted octanol–water partition coefficient (Wildman–Crippen LogP) is 2.39. The first kappa shape index (κ1) is 23.4. The number of thioether (sulfide) groups is 1. The molecule has 2 heterocycles. The van der Waals surface area contributed by atoms with E-state index in [1.165, 1.54) is 18.5 Å². The van der Waals surface area contributed by atoms with Gasteiger partial charge in [0.1, 0.15) is 16.2 Å². The topological polar surface area (TPSA) is 116 Å². The minimum atomic E-state index is -0.486. The molecule has 0 saturated carbocycles. The third-order valence-electron chi connectivity index (χ3n) is 4.68. The monoisotopic (exact) mass is 455 g/mol. The number of carbonyl (C=O) groups is 2. The summed E-state index contributed by atoms with van der Waals surface area (Å²) in [6.45, 7) is 7.46. The van der Waals surface area contributed by atoms with Crippen LogP contribution in [0.5, 0.6) is 0 Å². The van der Waals surface area contributed by atoms with Gasteiger partial charge in [-0.1, -0.05) is 25.6 Å². The quantitative estimate of drug-likeness (QED) is 0.330. The molecule has 0 unspecified atom stereocenters. The number of hydrogen-bond donors (Lipinski definition) is 1. The molecule has 0 spiro atoms. The lowest BCUT2D eigenvalue weighted by molar-refractivity contribution is -0.114. The summed E-state index contributed by atoms with van der Waals surface area (Å²) < 4.78 is 2.54. The van der Waals surface area contributed by atoms with E-state index in [2.05, 4.69) is 15.3 Å². The van der Waals surface area contributed by atoms with Crippen LogP contribution < -0.4 is 16.6 Å². The van der Waals surface area contributed by atoms with Crippen molar-refractivity contribution < 1.29 is 9.59 Å². The number of hydrogen-bond acceptors (Lipinski definition) is 7. The van der Waals surface area contributed by atoms with Crippen LogP contribution in [0.25, 0.3) is 11.0 Å². The summed E-state index contributed by atoms with van der Waals surface area (Å²) in [6, 6.07) is 6.58. The van der Waals surface area contributed by atoms with Gasteiger partial charge >= 0.3 is 5.69 Å². The van der Waals surface area contributed by atoms with Gasteiger partial charge < -0.3 is 5.32 Å². The number of rotatable bonds is 7. The Labute approximate surface area is 188 Å². The molecule has 10 heteroatoms. The second kappa shape index (κ2) is 9.47. The molecule has 1 N–H and O–H groups in total. The molecule has 0 atom stereocenters. The van der Waals surface area contributed by atoms with Crippen molar-refractivity contribution in [2.75, 3.05) is 11.1 Å². The molecule has 9 nitrogen and oxygen atoms in total. The number of aryl methyl sites for hydroxylation is 1. The Morgan fingerprint density at radius 3 is 2.38 bits per heavy atom. The van der Waals surface area contributed by atoms with Gasteiger partial charge in [-0.2, -0.15) is 0 Å². The lowest BCUT2D eigenvalue weighted by Gasteiger charge is -2.15. The van der Waals surface area contributed by atoms with Gasteiger partial charge in [-0.15, -0.1) is 0 Å². The minimum Gasteiger partial charge on any atom is -0.326 e. The number of ketones is 1. The molecular formula is C22H25N5O4S. The average Bonchev–Trinajstić information content (AvgIpc) is 2.73. The van der Waals surface area contributed by atoms with Gasteiger partial charge in [0.05, 0.1) is 5.75 Å². The SMILES string of the molecule is CC(=O)Nc1ccc(C(=O)CSc2nc(C)nc3c2c(=O)n(C)c(=O)n3CC(C)C)cc1. The highest BCUT2D eigenvalue weighted by molar-refractivity contribution is 8.00. The number of Topliss-reactive ketones (excluding diaryl/α,β-unsaturated/α-hetero) is 1. The highest BCUT2D eigenvalue weighted by Crippen LogP contribution is 2.24. The van der Waals surface area contributed by atoms with Crippen molar-refractivity contribution in [1.82, 2.24) is 19.1 Å². The van der Waals surface area contributed by atoms with Crippen LogP contribution in [0.4, 0.5) is 5.69 Å². The first-order chi connectivity index (χ1) is 15.1. The summed E-state index contributed by atoms with van der Waals surface area (Å²) in [4.78, 5) is 58.2. The van der Waals surface area contributed by atoms with Crippen molar-refractivity contribution in [3.8, 4) is 0 Å². The van der Waals surface area contributed by atoms with E-state index in [9.17, 15) is 19.2 Å². The Bertz CT molecular complexity index is 1310. The van der Waals surface area contributed by atoms with Crippen molar-refractivity contribution in [2.45, 2.75) is 39.3 Å². The maximum absolute atomic E-state index is 12.9. The molecule has 0 aliphatic carbocycles. The van der Waals surface area contributed by atoms with E-state index < -0.39 is 11.2 Å². The Balaban J connectivity index is 1.96. The van der Waals surface area contributed by atoms with Gasteiger partial charge in [0, 0.05) is 31.8 Å². The fraction of sp³-hybridized carbons (Fsp3) is 0.364. The van der Waals surface area contributed by atoms with E-state index >= 15 is 0 Å². The van der Waals surface area contributed by atoms with Crippen LogP contribution in [-0.2, 0) is 18.4 Å². The zero-order valence-corrected chi connectivity index (χ0v) is 19.4. The van der Waals surface area contributed by atoms with Crippen LogP contribution in [0.3, 0.4) is 0 Å². The van der Waals surface area contributed by atoms with Gasteiger partial charge in [0.15, 0.2) is 11.4 Å². The molecule has 32 heavy (non-hydrogen) atoms. The third kappa shape index (κ3) is 4.96. The van der Waals surface area contributed by atoms with Crippen molar-refractivity contribution in [1.29, 1.82) is 0 Å². The Morgan fingerprint density at radius 2 is 1.78 bits per heavy atom. The van der Waals surface area contributed by atoms with Crippen molar-refractivity contribution in [3.05, 3.63) is 56.5 Å². The van der Waals surface area contributed by atoms with E-state index in [0.717, 1.165) is 16.3 Å². The lowest BCUT2D eigenvalue weighted by atomic mass is 10.1. The maximum atomic E-state index is 12.9. The second-order valence-electron chi connectivity index (χ2n) is 7.90. The first-order valence-corrected chi connectivity index (χ1v) is 11.1. The number of aromatic nitrogens is 4. The molecule has 3 rings (SSSR count). The van der Waals surface area contributed by atoms with Crippen LogP contribution in [0.15, 0.2) is 38.9 Å². The van der Waals surface area contributed by atoms with Crippen LogP contribution >= 0.6 is 11.8 Å². The van der Waals surface area contributed by atoms with Gasteiger partial charge in [-0.3, -0.25) is 23.5 Å². The fourth-order valence-corrected chi connectivity index (χ4v) is 4.19. The van der Waals surface area contributed by atoms with Crippen LogP contribution in [-0.4, -0.2) is 36.5 Å². The summed E-state index contributed by atoms with van der Waals surface area (Å²) in [7, 11) is 1.43. The lowest BCUT2D eigenvalue weighted by Crippen LogP contribution is -2.39. The van der Waals surface area contributed by atoms with Crippen LogP contribution in [0, 0.1) is 12.8 Å². The number of nitrogens with zero attached hydrogens (tertiary/aromatic N) is 4. The number of carbonyl (C=O) groups excluding carboxylic acids is 2. The van der Waals surface area contributed by atoms with E-state index in [4.69, 9.17) is 0 Å². The van der Waals surface area contributed by atoms with Crippen molar-refractivity contribution >= 4 is 40.2 Å². The van der Waals surface area contributed by atoms with Crippen molar-refractivity contribution in [3.63, 3.8) is 0 Å². The van der Waals surface area contributed by atoms with Gasteiger partial charge in [-0.25, -0.2) is 14.8 Å². The van der Waals surface area contributed by atoms with E-state index in [1.807, 2.05) is 13.8 Å². The normalized spacial score (nSPS) is 11.2. The van der Waals surface area contributed by atoms with Gasteiger partial charge in [0.2, 0.25) is 5.91 Å². The largest absolute Gasteiger partial charge is 0.332 e. The summed E-state index contributed by atoms with van der Waals surface area (Å²) in [5.41, 5.74) is 0.450. The standard InChI is InChI=1S/C22H25N5O4S/c1-12(2)10-27-19-18(21(30)26(5)22(27)31)20(24-13(3)23-19)32-11-17(29)15-6-8-16(9-7-15)25-14(4)28/h6-9,12H,10-11H2,1-5H3,(H,25,28). The van der Waals surface area contributed by atoms with E-state index in [0.29, 0.717) is 28.6 Å². The van der Waals surface area contributed by atoms with Crippen LogP contribution in [0.2, 0.25) is 0 Å². The molecule has 1 aromatic carbocycles. The average molecular weight is 456 g/mol. The molecule has 0 aliphatic rings. The fourth-order valence-electron chi connectivity index (χ4n) is 3.24. The smallest absolute Gasteiger partial charge is 0.326 e. The second-order valence-corrected chi connectivity index (χ2v) is 8.86. The molecule has 0 saturated heterocycles. The highest BCUT2D eigenvalue weighted by atomic mass is 32.2. The summed E-state index contributed by atoms with van der Waals surface area (Å²) in [5.74, 6) is 0.292. The van der Waals surface area contributed by atoms with E-state index in [-0.39, 0.29) is 34.4 Å². The molecule has 2 aromatic heterocycles. The Hall–Kier alpha value is -3.27. The first-order valence-electron chi connectivity index (χ1n) is 10.1. The number of fused-ring (bicyclic) bond motifs is 1. The Morgan fingerprint density at radius 1 is 1.12 bits per heavy atom. The highest BCUT2D eigenvalue weighted by Gasteiger charge is 2.19. The summed E-state index contributed by atoms with van der Waals surface area (Å²) in [6.07, 6.45) is 0. The van der Waals surface area contributed by atoms with Crippen molar-refractivity contribution in [2.24, 2.45) is 13.0 Å². The van der Waals surface area contributed by atoms with Gasteiger partial charge in [-0.05, 0) is 37.1 Å². The zero-order valence-electron chi connectivity index (χ0n) is 18.6. The predicted molar refractivity (Wildman–Crippen MR) is 124 cm³/mol. The summed E-state index contributed by atoms with van der Waals surface area (Å²) >= 11 is 1.14. The molecular weight excluding hydrogens is 430 g/mol. The molecule has 168 valence electrons. The number of amides is 1. The number of benzene rings is 1. The summed E-state index contributed by atoms with van der Waals surface area (Å²) in [5, 5.41) is 3.26. The Kier molecular flexibility index (Phi) is 6.93. The number of nitrogens with one attached hydrogen (secondary N) is 1. The third-order valence-corrected chi connectivity index (χ3v) is 5.65. The van der Waals surface area contributed by atoms with E-state index in [1.54, 1.807) is 31.2 Å². The van der Waals surface area contributed by atoms with Crippen LogP contribution in [0.1, 0.15) is 37.0 Å². The molecule has 0 bridgehead atoms. The minimum absolute atomic E-state index is 0.0531. The molecule has 0 radical (unpaired) electrons.